The van der Waals surface area contributed by atoms with E-state index in [0.29, 0.717) is 5.75 Å². The molecule has 4 unspecified atom stereocenters. The lowest BCUT2D eigenvalue weighted by atomic mass is 10.1. The lowest BCUT2D eigenvalue weighted by Crippen LogP contribution is -2.39. The summed E-state index contributed by atoms with van der Waals surface area (Å²) in [5, 5.41) is 0.0546. The maximum absolute atomic E-state index is 13.3. The molecule has 0 bridgehead atoms. The van der Waals surface area contributed by atoms with Crippen LogP contribution in [0.25, 0.3) is 0 Å². The first-order valence-electron chi connectivity index (χ1n) is 8.25. The number of urea groups is 1. The lowest BCUT2D eigenvalue weighted by molar-refractivity contribution is -0.114. The Balaban J connectivity index is 1.70. The predicted molar refractivity (Wildman–Crippen MR) is 110 cm³/mol. The van der Waals surface area contributed by atoms with E-state index in [9.17, 15) is 9.59 Å². The molecule has 2 aliphatic heterocycles. The smallest absolute Gasteiger partial charge is 0.301 e. The first-order chi connectivity index (χ1) is 12.6. The second-order valence-corrected chi connectivity index (χ2v) is 8.99. The second-order valence-electron chi connectivity index (χ2n) is 6.23. The molecule has 2 aromatic rings. The third-order valence-electron chi connectivity index (χ3n) is 4.74. The van der Waals surface area contributed by atoms with E-state index < -0.39 is 6.04 Å². The fourth-order valence-electron chi connectivity index (χ4n) is 3.47. The minimum atomic E-state index is -0.444. The van der Waals surface area contributed by atoms with E-state index in [2.05, 4.69) is 31.9 Å². The Morgan fingerprint density at radius 2 is 1.35 bits per heavy atom. The predicted octanol–water partition coefficient (Wildman–Crippen LogP) is 4.92. The van der Waals surface area contributed by atoms with Crippen LogP contribution in [0, 0.1) is 0 Å². The fraction of sp³-hybridized carbons (Fsp3) is 0.263. The number of thioether (sulfide) groups is 1. The highest BCUT2D eigenvalue weighted by atomic mass is 79.9. The summed E-state index contributed by atoms with van der Waals surface area (Å²) in [6.07, 6.45) is 0. The Morgan fingerprint density at radius 1 is 0.846 bits per heavy atom. The lowest BCUT2D eigenvalue weighted by Gasteiger charge is -2.29. The SMILES string of the molecule is O=C1SCC2C1N(C(Br)c1ccccc1)C(=O)N2C(Br)c1ccccc1. The van der Waals surface area contributed by atoms with Gasteiger partial charge in [0.15, 0.2) is 0 Å². The number of rotatable bonds is 4. The van der Waals surface area contributed by atoms with Gasteiger partial charge in [0.05, 0.1) is 6.04 Å². The average Bonchev–Trinajstić information content (AvgIpc) is 3.18. The van der Waals surface area contributed by atoms with Crippen molar-refractivity contribution in [3.63, 3.8) is 0 Å². The molecule has 7 heteroatoms. The van der Waals surface area contributed by atoms with Gasteiger partial charge in [0, 0.05) is 5.75 Å². The molecule has 2 amide bonds. The number of carbonyl (C=O) groups excluding carboxylic acids is 2. The number of hydrogen-bond acceptors (Lipinski definition) is 3. The summed E-state index contributed by atoms with van der Waals surface area (Å²) in [4.78, 5) is 28.8. The largest absolute Gasteiger partial charge is 0.323 e. The molecule has 2 saturated heterocycles. The van der Waals surface area contributed by atoms with E-state index in [0.717, 1.165) is 11.1 Å². The van der Waals surface area contributed by atoms with Gasteiger partial charge in [-0.15, -0.1) is 0 Å². The number of carbonyl (C=O) groups is 2. The van der Waals surface area contributed by atoms with Gasteiger partial charge in [-0.2, -0.15) is 0 Å². The molecule has 0 spiro atoms. The summed E-state index contributed by atoms with van der Waals surface area (Å²) < 4.78 is 0. The first-order valence-corrected chi connectivity index (χ1v) is 11.1. The van der Waals surface area contributed by atoms with E-state index in [1.165, 1.54) is 11.8 Å². The average molecular weight is 496 g/mol. The number of benzene rings is 2. The topological polar surface area (TPSA) is 40.6 Å². The number of alkyl halides is 2. The van der Waals surface area contributed by atoms with Crippen LogP contribution in [0.2, 0.25) is 0 Å². The summed E-state index contributed by atoms with van der Waals surface area (Å²) in [7, 11) is 0. The minimum absolute atomic E-state index is 0.0546. The molecule has 2 aliphatic rings. The highest BCUT2D eigenvalue weighted by molar-refractivity contribution is 9.09. The van der Waals surface area contributed by atoms with Crippen molar-refractivity contribution in [2.75, 3.05) is 5.75 Å². The molecule has 2 aromatic carbocycles. The fourth-order valence-corrected chi connectivity index (χ4v) is 6.11. The molecule has 4 atom stereocenters. The van der Waals surface area contributed by atoms with Crippen LogP contribution in [0.1, 0.15) is 21.0 Å². The number of nitrogens with zero attached hydrogens (tertiary/aromatic N) is 2. The molecule has 26 heavy (non-hydrogen) atoms. The molecule has 2 heterocycles. The van der Waals surface area contributed by atoms with Gasteiger partial charge in [0.1, 0.15) is 15.9 Å². The maximum Gasteiger partial charge on any atom is 0.323 e. The van der Waals surface area contributed by atoms with Crippen LogP contribution in [-0.4, -0.2) is 38.8 Å². The minimum Gasteiger partial charge on any atom is -0.301 e. The van der Waals surface area contributed by atoms with Gasteiger partial charge in [0.2, 0.25) is 5.12 Å². The molecule has 0 N–H and O–H groups in total. The van der Waals surface area contributed by atoms with Crippen molar-refractivity contribution in [3.05, 3.63) is 71.8 Å². The Labute approximate surface area is 173 Å². The third-order valence-corrected chi connectivity index (χ3v) is 7.71. The first kappa shape index (κ1) is 18.1. The van der Waals surface area contributed by atoms with Gasteiger partial charge < -0.3 is 4.90 Å². The van der Waals surface area contributed by atoms with Crippen molar-refractivity contribution < 1.29 is 9.59 Å². The molecule has 0 aliphatic carbocycles. The van der Waals surface area contributed by atoms with Crippen molar-refractivity contribution in [3.8, 4) is 0 Å². The summed E-state index contributed by atoms with van der Waals surface area (Å²) in [6.45, 7) is 0. The van der Waals surface area contributed by atoms with Crippen LogP contribution in [0.4, 0.5) is 4.79 Å². The number of amides is 2. The summed E-state index contributed by atoms with van der Waals surface area (Å²) >= 11 is 8.64. The number of hydrogen-bond donors (Lipinski definition) is 0. The van der Waals surface area contributed by atoms with E-state index >= 15 is 0 Å². The van der Waals surface area contributed by atoms with Gasteiger partial charge in [-0.3, -0.25) is 9.69 Å². The zero-order valence-electron chi connectivity index (χ0n) is 13.7. The van der Waals surface area contributed by atoms with Gasteiger partial charge in [-0.05, 0) is 11.1 Å². The molecule has 134 valence electrons. The van der Waals surface area contributed by atoms with Crippen LogP contribution in [0.15, 0.2) is 60.7 Å². The van der Waals surface area contributed by atoms with E-state index in [4.69, 9.17) is 0 Å². The molecular formula is C19H16Br2N2O2S. The molecule has 4 nitrogen and oxygen atoms in total. The zero-order valence-corrected chi connectivity index (χ0v) is 17.7. The zero-order chi connectivity index (χ0) is 18.3. The van der Waals surface area contributed by atoms with Crippen molar-refractivity contribution in [1.82, 2.24) is 9.80 Å². The maximum atomic E-state index is 13.3. The monoisotopic (exact) mass is 494 g/mol. The van der Waals surface area contributed by atoms with Crippen molar-refractivity contribution in [1.29, 1.82) is 0 Å². The Hall–Kier alpha value is -1.31. The Kier molecular flexibility index (Phi) is 5.12. The molecule has 4 rings (SSSR count). The number of fused-ring (bicyclic) bond motifs is 1. The van der Waals surface area contributed by atoms with Gasteiger partial charge in [0.25, 0.3) is 0 Å². The molecule has 0 radical (unpaired) electrons. The van der Waals surface area contributed by atoms with Crippen LogP contribution in [-0.2, 0) is 4.79 Å². The summed E-state index contributed by atoms with van der Waals surface area (Å²) in [5.74, 6) is 0.620. The molecule has 0 saturated carbocycles. The third kappa shape index (κ3) is 3.00. The molecule has 0 aromatic heterocycles. The van der Waals surface area contributed by atoms with Gasteiger partial charge >= 0.3 is 6.03 Å². The van der Waals surface area contributed by atoms with Gasteiger partial charge in [-0.1, -0.05) is 104 Å². The summed E-state index contributed by atoms with van der Waals surface area (Å²) in [6, 6.07) is 18.8. The van der Waals surface area contributed by atoms with E-state index in [1.54, 1.807) is 9.80 Å². The van der Waals surface area contributed by atoms with Crippen LogP contribution in [0.5, 0.6) is 0 Å². The van der Waals surface area contributed by atoms with Crippen molar-refractivity contribution in [2.24, 2.45) is 0 Å². The van der Waals surface area contributed by atoms with Crippen LogP contribution < -0.4 is 0 Å². The standard InChI is InChI=1S/C19H16Br2N2O2S/c20-16(12-7-3-1-4-8-12)22-14-11-26-18(24)15(14)23(19(22)25)17(21)13-9-5-2-6-10-13/h1-10,14-17H,11H2. The van der Waals surface area contributed by atoms with Crippen molar-refractivity contribution >= 4 is 54.8 Å². The number of halogens is 2. The summed E-state index contributed by atoms with van der Waals surface area (Å²) in [5.41, 5.74) is 1.95. The van der Waals surface area contributed by atoms with E-state index in [-0.39, 0.29) is 27.1 Å². The molecule has 2 fully saturated rings. The highest BCUT2D eigenvalue weighted by Crippen LogP contribution is 2.46. The highest BCUT2D eigenvalue weighted by Gasteiger charge is 2.56. The van der Waals surface area contributed by atoms with Crippen LogP contribution in [0.3, 0.4) is 0 Å². The Morgan fingerprint density at radius 3 is 1.88 bits per heavy atom. The van der Waals surface area contributed by atoms with E-state index in [1.807, 2.05) is 60.7 Å². The van der Waals surface area contributed by atoms with Crippen LogP contribution >= 0.6 is 43.6 Å². The van der Waals surface area contributed by atoms with Crippen molar-refractivity contribution in [2.45, 2.75) is 22.0 Å². The molecular weight excluding hydrogens is 480 g/mol. The second kappa shape index (κ2) is 7.37. The quantitative estimate of drug-likeness (QED) is 0.343. The van der Waals surface area contributed by atoms with Gasteiger partial charge in [-0.25, -0.2) is 4.79 Å². The Bertz CT molecular complexity index is 821. The normalized spacial score (nSPS) is 24.7.